The summed E-state index contributed by atoms with van der Waals surface area (Å²) in [4.78, 5) is 2.64. The van der Waals surface area contributed by atoms with Crippen molar-refractivity contribution in [3.8, 4) is 17.2 Å². The van der Waals surface area contributed by atoms with Crippen LogP contribution in [-0.2, 0) is 0 Å². The Hall–Kier alpha value is -2.98. The van der Waals surface area contributed by atoms with Crippen molar-refractivity contribution in [2.45, 2.75) is 88.9 Å². The van der Waals surface area contributed by atoms with E-state index in [1.165, 1.54) is 101 Å². The molecule has 220 valence electrons. The van der Waals surface area contributed by atoms with E-state index in [9.17, 15) is 5.11 Å². The number of phenols is 1. The normalized spacial score (nSPS) is 18.6. The van der Waals surface area contributed by atoms with E-state index in [0.29, 0.717) is 6.61 Å². The average molecular weight is 556 g/mol. The third-order valence-corrected chi connectivity index (χ3v) is 8.96. The topological polar surface area (TPSA) is 41.9 Å². The van der Waals surface area contributed by atoms with Crippen LogP contribution in [0.4, 0.5) is 0 Å². The highest BCUT2D eigenvalue weighted by Crippen LogP contribution is 2.47. The molecule has 0 aliphatic carbocycles. The van der Waals surface area contributed by atoms with Gasteiger partial charge in [-0.25, -0.2) is 0 Å². The number of hydrogen-bond acceptors (Lipinski definition) is 4. The second-order valence-electron chi connectivity index (χ2n) is 12.0. The monoisotopic (exact) mass is 555 g/mol. The predicted octanol–water partition coefficient (Wildman–Crippen LogP) is 9.08. The standard InChI is InChI=1S/C37H49NO3/c39-32-20-23-34-36(28-32)41-29-35(30-16-10-9-11-17-30)37(34)31-18-21-33(22-19-31)40-27-15-8-6-4-2-1-3-5-7-12-24-38-25-13-14-26-38/h9-11,16-23,28,35,37,39H,1-8,12-15,24-27,29H2/t35-,37-/m0/s1. The molecule has 0 unspecified atom stereocenters. The van der Waals surface area contributed by atoms with Crippen LogP contribution < -0.4 is 9.47 Å². The third-order valence-electron chi connectivity index (χ3n) is 8.96. The van der Waals surface area contributed by atoms with Crippen molar-refractivity contribution in [3.05, 3.63) is 89.5 Å². The first-order chi connectivity index (χ1) is 20.3. The zero-order chi connectivity index (χ0) is 28.1. The molecule has 0 radical (unpaired) electrons. The molecule has 2 aliphatic heterocycles. The van der Waals surface area contributed by atoms with E-state index in [1.54, 1.807) is 12.1 Å². The molecule has 4 nitrogen and oxygen atoms in total. The molecule has 0 amide bonds. The van der Waals surface area contributed by atoms with Gasteiger partial charge in [-0.3, -0.25) is 0 Å². The van der Waals surface area contributed by atoms with Crippen LogP contribution in [0.2, 0.25) is 0 Å². The fourth-order valence-corrected chi connectivity index (χ4v) is 6.62. The Balaban J connectivity index is 1.00. The predicted molar refractivity (Wildman–Crippen MR) is 168 cm³/mol. The van der Waals surface area contributed by atoms with Gasteiger partial charge in [0.05, 0.1) is 13.2 Å². The van der Waals surface area contributed by atoms with E-state index in [2.05, 4.69) is 59.5 Å². The van der Waals surface area contributed by atoms with Gasteiger partial charge in [0.1, 0.15) is 17.2 Å². The average Bonchev–Trinajstić information content (AvgIpc) is 3.53. The van der Waals surface area contributed by atoms with Crippen LogP contribution in [0, 0.1) is 0 Å². The summed E-state index contributed by atoms with van der Waals surface area (Å²) >= 11 is 0. The Labute approximate surface area is 247 Å². The molecule has 41 heavy (non-hydrogen) atoms. The number of phenolic OH excluding ortho intramolecular Hbond substituents is 1. The minimum absolute atomic E-state index is 0.158. The molecule has 4 heteroatoms. The second kappa shape index (κ2) is 15.9. The van der Waals surface area contributed by atoms with Gasteiger partial charge in [-0.05, 0) is 74.6 Å². The maximum Gasteiger partial charge on any atom is 0.126 e. The number of hydrogen-bond donors (Lipinski definition) is 1. The molecule has 1 saturated heterocycles. The maximum absolute atomic E-state index is 10.0. The first-order valence-corrected chi connectivity index (χ1v) is 16.2. The van der Waals surface area contributed by atoms with Crippen LogP contribution in [0.15, 0.2) is 72.8 Å². The molecule has 2 atom stereocenters. The quantitative estimate of drug-likeness (QED) is 0.179. The number of rotatable bonds is 16. The SMILES string of the molecule is Oc1ccc2c(c1)OC[C@@H](c1ccccc1)[C@H]2c1ccc(OCCCCCCCCCCCCN2CCCC2)cc1. The minimum atomic E-state index is 0.158. The van der Waals surface area contributed by atoms with Crippen molar-refractivity contribution in [2.24, 2.45) is 0 Å². The van der Waals surface area contributed by atoms with Crippen LogP contribution in [0.25, 0.3) is 0 Å². The lowest BCUT2D eigenvalue weighted by Crippen LogP contribution is -2.25. The summed E-state index contributed by atoms with van der Waals surface area (Å²) in [6.45, 7) is 5.38. The van der Waals surface area contributed by atoms with E-state index in [1.807, 2.05) is 6.07 Å². The lowest BCUT2D eigenvalue weighted by Gasteiger charge is -2.34. The fraction of sp³-hybridized carbons (Fsp3) is 0.514. The number of aromatic hydroxyl groups is 1. The zero-order valence-corrected chi connectivity index (χ0v) is 24.8. The molecule has 1 fully saturated rings. The van der Waals surface area contributed by atoms with E-state index in [0.717, 1.165) is 30.1 Å². The van der Waals surface area contributed by atoms with Gasteiger partial charge >= 0.3 is 0 Å². The van der Waals surface area contributed by atoms with E-state index in [-0.39, 0.29) is 17.6 Å². The smallest absolute Gasteiger partial charge is 0.126 e. The molecule has 1 N–H and O–H groups in total. The molecule has 0 spiro atoms. The van der Waals surface area contributed by atoms with Gasteiger partial charge in [0, 0.05) is 23.5 Å². The number of unbranched alkanes of at least 4 members (excludes halogenated alkanes) is 9. The Kier molecular flexibility index (Phi) is 11.4. The van der Waals surface area contributed by atoms with Crippen molar-refractivity contribution in [1.82, 2.24) is 4.90 Å². The van der Waals surface area contributed by atoms with Crippen LogP contribution in [0.5, 0.6) is 17.2 Å². The number of ether oxygens (including phenoxy) is 2. The largest absolute Gasteiger partial charge is 0.508 e. The van der Waals surface area contributed by atoms with E-state index >= 15 is 0 Å². The summed E-state index contributed by atoms with van der Waals surface area (Å²) in [5.41, 5.74) is 3.63. The van der Waals surface area contributed by atoms with Crippen molar-refractivity contribution in [1.29, 1.82) is 0 Å². The lowest BCUT2D eigenvalue weighted by molar-refractivity contribution is 0.247. The van der Waals surface area contributed by atoms with Gasteiger partial charge in [-0.15, -0.1) is 0 Å². The molecule has 0 saturated carbocycles. The Bertz CT molecular complexity index is 1160. The molecule has 5 rings (SSSR count). The molecule has 2 heterocycles. The highest BCUT2D eigenvalue weighted by molar-refractivity contribution is 5.50. The van der Waals surface area contributed by atoms with Crippen molar-refractivity contribution in [3.63, 3.8) is 0 Å². The van der Waals surface area contributed by atoms with Crippen LogP contribution in [0.1, 0.15) is 106 Å². The molecular weight excluding hydrogens is 506 g/mol. The molecule has 2 aliphatic rings. The van der Waals surface area contributed by atoms with E-state index < -0.39 is 0 Å². The molecular formula is C37H49NO3. The van der Waals surface area contributed by atoms with Gasteiger partial charge in [0.25, 0.3) is 0 Å². The van der Waals surface area contributed by atoms with Crippen molar-refractivity contribution in [2.75, 3.05) is 32.8 Å². The summed E-state index contributed by atoms with van der Waals surface area (Å²) in [6.07, 6.45) is 16.3. The van der Waals surface area contributed by atoms with Gasteiger partial charge < -0.3 is 19.5 Å². The Morgan fingerprint density at radius 3 is 2.07 bits per heavy atom. The number of fused-ring (bicyclic) bond motifs is 1. The summed E-state index contributed by atoms with van der Waals surface area (Å²) in [5, 5.41) is 10.0. The fourth-order valence-electron chi connectivity index (χ4n) is 6.62. The summed E-state index contributed by atoms with van der Waals surface area (Å²) in [6, 6.07) is 24.7. The second-order valence-corrected chi connectivity index (χ2v) is 12.0. The minimum Gasteiger partial charge on any atom is -0.508 e. The number of benzene rings is 3. The van der Waals surface area contributed by atoms with Crippen LogP contribution in [0.3, 0.4) is 0 Å². The summed E-state index contributed by atoms with van der Waals surface area (Å²) in [7, 11) is 0. The Morgan fingerprint density at radius 2 is 1.37 bits per heavy atom. The Morgan fingerprint density at radius 1 is 0.707 bits per heavy atom. The lowest BCUT2D eigenvalue weighted by atomic mass is 9.76. The molecule has 3 aromatic carbocycles. The van der Waals surface area contributed by atoms with Crippen LogP contribution in [-0.4, -0.2) is 42.9 Å². The molecule has 0 bridgehead atoms. The van der Waals surface area contributed by atoms with Gasteiger partial charge in [-0.2, -0.15) is 0 Å². The van der Waals surface area contributed by atoms with Crippen LogP contribution >= 0.6 is 0 Å². The van der Waals surface area contributed by atoms with Gasteiger partial charge in [0.15, 0.2) is 0 Å². The molecule has 3 aromatic rings. The summed E-state index contributed by atoms with van der Waals surface area (Å²) in [5.74, 6) is 2.32. The summed E-state index contributed by atoms with van der Waals surface area (Å²) < 4.78 is 12.2. The maximum atomic E-state index is 10.0. The van der Waals surface area contributed by atoms with Crippen molar-refractivity contribution < 1.29 is 14.6 Å². The number of nitrogens with zero attached hydrogens (tertiary/aromatic N) is 1. The van der Waals surface area contributed by atoms with Crippen molar-refractivity contribution >= 4 is 0 Å². The van der Waals surface area contributed by atoms with Gasteiger partial charge in [0.2, 0.25) is 0 Å². The zero-order valence-electron chi connectivity index (χ0n) is 24.8. The highest BCUT2D eigenvalue weighted by Gasteiger charge is 2.33. The number of likely N-dealkylation sites (tertiary alicyclic amines) is 1. The highest BCUT2D eigenvalue weighted by atomic mass is 16.5. The third kappa shape index (κ3) is 8.75. The molecule has 0 aromatic heterocycles. The van der Waals surface area contributed by atoms with E-state index in [4.69, 9.17) is 9.47 Å². The first kappa shape index (κ1) is 29.5. The first-order valence-electron chi connectivity index (χ1n) is 16.2. The van der Waals surface area contributed by atoms with Gasteiger partial charge in [-0.1, -0.05) is 99.9 Å².